The van der Waals surface area contributed by atoms with E-state index in [4.69, 9.17) is 16.3 Å². The van der Waals surface area contributed by atoms with Crippen molar-refractivity contribution < 1.29 is 18.3 Å². The molecule has 0 saturated heterocycles. The van der Waals surface area contributed by atoms with Gasteiger partial charge in [-0.15, -0.1) is 0 Å². The summed E-state index contributed by atoms with van der Waals surface area (Å²) in [6.07, 6.45) is 0.492. The SMILES string of the molecule is O=C(Nc1ccccc1SC(F)F)C1COc2ccc(Cl)cc2C1. The van der Waals surface area contributed by atoms with Crippen LogP contribution in [-0.4, -0.2) is 18.3 Å². The number of halogens is 3. The molecule has 1 aliphatic rings. The van der Waals surface area contributed by atoms with Gasteiger partial charge in [-0.2, -0.15) is 8.78 Å². The van der Waals surface area contributed by atoms with Crippen molar-refractivity contribution >= 4 is 35.0 Å². The van der Waals surface area contributed by atoms with Gasteiger partial charge in [-0.05, 0) is 42.3 Å². The molecule has 0 aromatic heterocycles. The van der Waals surface area contributed by atoms with Gasteiger partial charge >= 0.3 is 0 Å². The monoisotopic (exact) mass is 369 g/mol. The molecule has 24 heavy (non-hydrogen) atoms. The van der Waals surface area contributed by atoms with E-state index in [1.54, 1.807) is 42.5 Å². The van der Waals surface area contributed by atoms with Gasteiger partial charge in [-0.1, -0.05) is 35.5 Å². The largest absolute Gasteiger partial charge is 0.492 e. The average molecular weight is 370 g/mol. The van der Waals surface area contributed by atoms with Crippen molar-refractivity contribution in [2.45, 2.75) is 17.1 Å². The Bertz CT molecular complexity index is 757. The fraction of sp³-hybridized carbons (Fsp3) is 0.235. The van der Waals surface area contributed by atoms with E-state index < -0.39 is 11.7 Å². The summed E-state index contributed by atoms with van der Waals surface area (Å²) in [7, 11) is 0. The second kappa shape index (κ2) is 7.40. The van der Waals surface area contributed by atoms with E-state index in [1.165, 1.54) is 0 Å². The summed E-state index contributed by atoms with van der Waals surface area (Å²) in [5, 5.41) is 3.31. The fourth-order valence-corrected chi connectivity index (χ4v) is 3.32. The number of rotatable bonds is 4. The van der Waals surface area contributed by atoms with Crippen molar-refractivity contribution in [3.63, 3.8) is 0 Å². The molecule has 1 heterocycles. The second-order valence-electron chi connectivity index (χ2n) is 5.33. The summed E-state index contributed by atoms with van der Waals surface area (Å²) in [6.45, 7) is 0.241. The summed E-state index contributed by atoms with van der Waals surface area (Å²) in [4.78, 5) is 12.8. The molecule has 7 heteroatoms. The topological polar surface area (TPSA) is 38.3 Å². The van der Waals surface area contributed by atoms with E-state index in [-0.39, 0.29) is 12.5 Å². The van der Waals surface area contributed by atoms with Gasteiger partial charge in [0.15, 0.2) is 0 Å². The van der Waals surface area contributed by atoms with Crippen molar-refractivity contribution in [3.05, 3.63) is 53.1 Å². The Kier molecular flexibility index (Phi) is 5.26. The van der Waals surface area contributed by atoms with Crippen molar-refractivity contribution in [1.82, 2.24) is 0 Å². The number of para-hydroxylation sites is 1. The highest BCUT2D eigenvalue weighted by molar-refractivity contribution is 7.99. The van der Waals surface area contributed by atoms with Gasteiger partial charge in [-0.3, -0.25) is 4.79 Å². The van der Waals surface area contributed by atoms with E-state index >= 15 is 0 Å². The minimum atomic E-state index is -2.55. The highest BCUT2D eigenvalue weighted by Gasteiger charge is 2.27. The van der Waals surface area contributed by atoms with Gasteiger partial charge in [0, 0.05) is 9.92 Å². The summed E-state index contributed by atoms with van der Waals surface area (Å²) in [5.74, 6) is -2.49. The molecular weight excluding hydrogens is 356 g/mol. The summed E-state index contributed by atoms with van der Waals surface area (Å²) in [6, 6.07) is 11.8. The Morgan fingerprint density at radius 1 is 1.29 bits per heavy atom. The van der Waals surface area contributed by atoms with E-state index in [1.807, 2.05) is 0 Å². The van der Waals surface area contributed by atoms with Gasteiger partial charge < -0.3 is 10.1 Å². The summed E-state index contributed by atoms with van der Waals surface area (Å²) in [5.41, 5.74) is 1.24. The minimum absolute atomic E-state index is 0.241. The number of hydrogen-bond acceptors (Lipinski definition) is 3. The normalized spacial score (nSPS) is 16.4. The maximum absolute atomic E-state index is 12.6. The molecule has 3 rings (SSSR count). The minimum Gasteiger partial charge on any atom is -0.492 e. The Hall–Kier alpha value is -1.79. The molecule has 1 unspecified atom stereocenters. The van der Waals surface area contributed by atoms with Crippen LogP contribution in [0.15, 0.2) is 47.4 Å². The lowest BCUT2D eigenvalue weighted by Gasteiger charge is -2.25. The van der Waals surface area contributed by atoms with Gasteiger partial charge in [0.05, 0.1) is 11.6 Å². The van der Waals surface area contributed by atoms with Crippen molar-refractivity contribution in [2.75, 3.05) is 11.9 Å². The maximum Gasteiger partial charge on any atom is 0.288 e. The Balaban J connectivity index is 1.72. The number of fused-ring (bicyclic) bond motifs is 1. The molecule has 1 amide bonds. The van der Waals surface area contributed by atoms with Crippen LogP contribution >= 0.6 is 23.4 Å². The van der Waals surface area contributed by atoms with Crippen LogP contribution < -0.4 is 10.1 Å². The molecular formula is C17H14ClF2NO2S. The first kappa shape index (κ1) is 17.0. The number of hydrogen-bond donors (Lipinski definition) is 1. The van der Waals surface area contributed by atoms with Crippen molar-refractivity contribution in [1.29, 1.82) is 0 Å². The molecule has 0 spiro atoms. The van der Waals surface area contributed by atoms with E-state index in [0.29, 0.717) is 33.8 Å². The number of alkyl halides is 2. The molecule has 0 radical (unpaired) electrons. The molecule has 0 saturated carbocycles. The zero-order valence-corrected chi connectivity index (χ0v) is 14.0. The molecule has 0 fully saturated rings. The quantitative estimate of drug-likeness (QED) is 0.783. The molecule has 0 bridgehead atoms. The van der Waals surface area contributed by atoms with Crippen molar-refractivity contribution in [2.24, 2.45) is 5.92 Å². The lowest BCUT2D eigenvalue weighted by molar-refractivity contribution is -0.121. The number of carbonyl (C=O) groups is 1. The van der Waals surface area contributed by atoms with Gasteiger partial charge in [0.25, 0.3) is 5.76 Å². The second-order valence-corrected chi connectivity index (χ2v) is 6.80. The molecule has 2 aromatic carbocycles. The molecule has 126 valence electrons. The van der Waals surface area contributed by atoms with Crippen LogP contribution in [0.1, 0.15) is 5.56 Å². The van der Waals surface area contributed by atoms with E-state index in [0.717, 1.165) is 11.3 Å². The van der Waals surface area contributed by atoms with Gasteiger partial charge in [0.2, 0.25) is 5.91 Å². The third-order valence-corrected chi connectivity index (χ3v) is 4.68. The maximum atomic E-state index is 12.6. The number of nitrogens with one attached hydrogen (secondary N) is 1. The number of ether oxygens (including phenoxy) is 1. The molecule has 1 N–H and O–H groups in total. The van der Waals surface area contributed by atoms with E-state index in [9.17, 15) is 13.6 Å². The predicted molar refractivity (Wildman–Crippen MR) is 91.1 cm³/mol. The summed E-state index contributed by atoms with van der Waals surface area (Å²) >= 11 is 6.38. The fourth-order valence-electron chi connectivity index (χ4n) is 2.53. The van der Waals surface area contributed by atoms with Crippen LogP contribution in [0.3, 0.4) is 0 Å². The lowest BCUT2D eigenvalue weighted by Crippen LogP contribution is -2.32. The van der Waals surface area contributed by atoms with Crippen LogP contribution in [0.25, 0.3) is 0 Å². The molecule has 1 atom stereocenters. The van der Waals surface area contributed by atoms with Crippen LogP contribution in [0.2, 0.25) is 5.02 Å². The van der Waals surface area contributed by atoms with E-state index in [2.05, 4.69) is 5.32 Å². The zero-order chi connectivity index (χ0) is 17.1. The summed E-state index contributed by atoms with van der Waals surface area (Å²) < 4.78 is 30.8. The van der Waals surface area contributed by atoms with Crippen LogP contribution in [0.4, 0.5) is 14.5 Å². The first-order chi connectivity index (χ1) is 11.5. The highest BCUT2D eigenvalue weighted by Crippen LogP contribution is 2.33. The lowest BCUT2D eigenvalue weighted by atomic mass is 9.96. The van der Waals surface area contributed by atoms with Crippen LogP contribution in [-0.2, 0) is 11.2 Å². The van der Waals surface area contributed by atoms with Crippen LogP contribution in [0, 0.1) is 5.92 Å². The van der Waals surface area contributed by atoms with Gasteiger partial charge in [0.1, 0.15) is 12.4 Å². The third kappa shape index (κ3) is 3.99. The number of thioether (sulfide) groups is 1. The zero-order valence-electron chi connectivity index (χ0n) is 12.5. The molecule has 3 nitrogen and oxygen atoms in total. The third-order valence-electron chi connectivity index (χ3n) is 3.66. The van der Waals surface area contributed by atoms with Gasteiger partial charge in [-0.25, -0.2) is 0 Å². The number of carbonyl (C=O) groups excluding carboxylic acids is 1. The number of amides is 1. The average Bonchev–Trinajstić information content (AvgIpc) is 2.55. The van der Waals surface area contributed by atoms with Crippen LogP contribution in [0.5, 0.6) is 5.75 Å². The molecule has 0 aliphatic carbocycles. The Labute approximate surface area is 147 Å². The molecule has 2 aromatic rings. The van der Waals surface area contributed by atoms with Crippen molar-refractivity contribution in [3.8, 4) is 5.75 Å². The first-order valence-corrected chi connectivity index (χ1v) is 8.54. The number of anilines is 1. The Morgan fingerprint density at radius 3 is 2.88 bits per heavy atom. The number of benzene rings is 2. The smallest absolute Gasteiger partial charge is 0.288 e. The standard InChI is InChI=1S/C17H14ClF2NO2S/c18-12-5-6-14-10(8-12)7-11(9-23-14)16(22)21-13-3-1-2-4-15(13)24-17(19)20/h1-6,8,11,17H,7,9H2,(H,21,22). The highest BCUT2D eigenvalue weighted by atomic mass is 35.5. The predicted octanol–water partition coefficient (Wildman–Crippen LogP) is 4.84. The first-order valence-electron chi connectivity index (χ1n) is 7.29. The molecule has 1 aliphatic heterocycles. The Morgan fingerprint density at radius 2 is 2.08 bits per heavy atom.